The third kappa shape index (κ3) is 6.72. The van der Waals surface area contributed by atoms with Crippen LogP contribution < -0.4 is 5.32 Å². The predicted molar refractivity (Wildman–Crippen MR) is 70.2 cm³/mol. The third-order valence-electron chi connectivity index (χ3n) is 3.10. The van der Waals surface area contributed by atoms with E-state index in [1.54, 1.807) is 0 Å². The summed E-state index contributed by atoms with van der Waals surface area (Å²) in [4.78, 5) is 0. The SMILES string of the molecule is C=C(CC)CC(NCCC)C(C)CCC. The molecule has 90 valence electrons. The molecule has 0 aliphatic heterocycles. The van der Waals surface area contributed by atoms with Crippen molar-refractivity contribution in [3.63, 3.8) is 0 Å². The third-order valence-corrected chi connectivity index (χ3v) is 3.10. The highest BCUT2D eigenvalue weighted by Crippen LogP contribution is 2.18. The number of rotatable bonds is 9. The number of hydrogen-bond donors (Lipinski definition) is 1. The molecule has 2 atom stereocenters. The van der Waals surface area contributed by atoms with Crippen LogP contribution in [0.5, 0.6) is 0 Å². The predicted octanol–water partition coefficient (Wildman–Crippen LogP) is 4.15. The summed E-state index contributed by atoms with van der Waals surface area (Å²) >= 11 is 0. The van der Waals surface area contributed by atoms with Gasteiger partial charge in [0, 0.05) is 6.04 Å². The van der Waals surface area contributed by atoms with Crippen LogP contribution in [0, 0.1) is 5.92 Å². The van der Waals surface area contributed by atoms with Gasteiger partial charge in [0.15, 0.2) is 0 Å². The van der Waals surface area contributed by atoms with Crippen LogP contribution in [-0.4, -0.2) is 12.6 Å². The zero-order valence-electron chi connectivity index (χ0n) is 11.1. The normalized spacial score (nSPS) is 14.9. The Balaban J connectivity index is 4.09. The first kappa shape index (κ1) is 14.7. The highest BCUT2D eigenvalue weighted by Gasteiger charge is 2.15. The van der Waals surface area contributed by atoms with Gasteiger partial charge in [-0.25, -0.2) is 0 Å². The van der Waals surface area contributed by atoms with Crippen LogP contribution in [0.3, 0.4) is 0 Å². The smallest absolute Gasteiger partial charge is 0.0130 e. The first-order chi connectivity index (χ1) is 7.15. The van der Waals surface area contributed by atoms with Gasteiger partial charge < -0.3 is 5.32 Å². The summed E-state index contributed by atoms with van der Waals surface area (Å²) < 4.78 is 0. The summed E-state index contributed by atoms with van der Waals surface area (Å²) in [6.45, 7) is 14.3. The van der Waals surface area contributed by atoms with Crippen molar-refractivity contribution in [2.45, 2.75) is 65.8 Å². The van der Waals surface area contributed by atoms with Crippen LogP contribution in [0.2, 0.25) is 0 Å². The van der Waals surface area contributed by atoms with Crippen LogP contribution in [0.25, 0.3) is 0 Å². The van der Waals surface area contributed by atoms with E-state index in [4.69, 9.17) is 0 Å². The molecule has 0 rings (SSSR count). The van der Waals surface area contributed by atoms with Gasteiger partial charge >= 0.3 is 0 Å². The van der Waals surface area contributed by atoms with Gasteiger partial charge in [-0.15, -0.1) is 0 Å². The van der Waals surface area contributed by atoms with Gasteiger partial charge in [0.2, 0.25) is 0 Å². The topological polar surface area (TPSA) is 12.0 Å². The zero-order valence-corrected chi connectivity index (χ0v) is 11.1. The molecule has 0 aromatic heterocycles. The molecule has 0 radical (unpaired) electrons. The largest absolute Gasteiger partial charge is 0.313 e. The van der Waals surface area contributed by atoms with E-state index in [2.05, 4.69) is 39.6 Å². The Morgan fingerprint density at radius 3 is 2.33 bits per heavy atom. The molecule has 1 nitrogen and oxygen atoms in total. The van der Waals surface area contributed by atoms with Gasteiger partial charge in [0.1, 0.15) is 0 Å². The molecular weight excluding hydrogens is 182 g/mol. The zero-order chi connectivity index (χ0) is 11.7. The van der Waals surface area contributed by atoms with Crippen LogP contribution >= 0.6 is 0 Å². The Morgan fingerprint density at radius 2 is 1.87 bits per heavy atom. The first-order valence-electron chi connectivity index (χ1n) is 6.55. The standard InChI is InChI=1S/C14H29N/c1-6-9-13(5)14(15-10-7-2)11-12(4)8-3/h13-15H,4,6-11H2,1-3,5H3. The summed E-state index contributed by atoms with van der Waals surface area (Å²) in [5.74, 6) is 0.768. The molecule has 0 spiro atoms. The van der Waals surface area contributed by atoms with Gasteiger partial charge in [-0.2, -0.15) is 0 Å². The Kier molecular flexibility index (Phi) is 8.79. The molecule has 0 saturated heterocycles. The van der Waals surface area contributed by atoms with E-state index in [9.17, 15) is 0 Å². The van der Waals surface area contributed by atoms with Crippen molar-refractivity contribution >= 4 is 0 Å². The molecule has 0 aliphatic carbocycles. The Labute approximate surface area is 96.3 Å². The van der Waals surface area contributed by atoms with Crippen molar-refractivity contribution < 1.29 is 0 Å². The second-order valence-corrected chi connectivity index (χ2v) is 4.63. The average molecular weight is 211 g/mol. The van der Waals surface area contributed by atoms with E-state index in [-0.39, 0.29) is 0 Å². The van der Waals surface area contributed by atoms with Gasteiger partial charge in [-0.3, -0.25) is 0 Å². The van der Waals surface area contributed by atoms with Gasteiger partial charge in [0.25, 0.3) is 0 Å². The molecule has 15 heavy (non-hydrogen) atoms. The molecule has 2 unspecified atom stereocenters. The molecule has 0 bridgehead atoms. The lowest BCUT2D eigenvalue weighted by atomic mass is 9.91. The van der Waals surface area contributed by atoms with Gasteiger partial charge in [0.05, 0.1) is 0 Å². The quantitative estimate of drug-likeness (QED) is 0.565. The second-order valence-electron chi connectivity index (χ2n) is 4.63. The lowest BCUT2D eigenvalue weighted by Gasteiger charge is -2.25. The molecule has 1 N–H and O–H groups in total. The van der Waals surface area contributed by atoms with Crippen LogP contribution in [-0.2, 0) is 0 Å². The van der Waals surface area contributed by atoms with Crippen LogP contribution in [0.4, 0.5) is 0 Å². The molecule has 0 fully saturated rings. The van der Waals surface area contributed by atoms with E-state index >= 15 is 0 Å². The summed E-state index contributed by atoms with van der Waals surface area (Å²) in [6.07, 6.45) is 6.08. The molecular formula is C14H29N. The summed E-state index contributed by atoms with van der Waals surface area (Å²) in [5.41, 5.74) is 1.38. The molecule has 0 aromatic rings. The van der Waals surface area contributed by atoms with Crippen molar-refractivity contribution in [2.24, 2.45) is 5.92 Å². The average Bonchev–Trinajstić information content (AvgIpc) is 2.24. The van der Waals surface area contributed by atoms with Crippen LogP contribution in [0.15, 0.2) is 12.2 Å². The highest BCUT2D eigenvalue weighted by atomic mass is 14.9. The maximum Gasteiger partial charge on any atom is 0.0130 e. The van der Waals surface area contributed by atoms with E-state index in [1.165, 1.54) is 24.8 Å². The van der Waals surface area contributed by atoms with Crippen molar-refractivity contribution in [1.29, 1.82) is 0 Å². The van der Waals surface area contributed by atoms with E-state index < -0.39 is 0 Å². The van der Waals surface area contributed by atoms with Gasteiger partial charge in [-0.05, 0) is 38.1 Å². The van der Waals surface area contributed by atoms with E-state index in [0.717, 1.165) is 25.3 Å². The minimum absolute atomic E-state index is 0.636. The fourth-order valence-corrected chi connectivity index (χ4v) is 1.92. The molecule has 0 amide bonds. The van der Waals surface area contributed by atoms with Crippen molar-refractivity contribution in [3.05, 3.63) is 12.2 Å². The Hall–Kier alpha value is -0.300. The lowest BCUT2D eigenvalue weighted by Crippen LogP contribution is -2.35. The highest BCUT2D eigenvalue weighted by molar-refractivity contribution is 4.97. The van der Waals surface area contributed by atoms with Crippen molar-refractivity contribution in [1.82, 2.24) is 5.32 Å². The maximum atomic E-state index is 4.12. The number of nitrogens with one attached hydrogen (secondary N) is 1. The number of hydrogen-bond acceptors (Lipinski definition) is 1. The Bertz CT molecular complexity index is 163. The van der Waals surface area contributed by atoms with E-state index in [1.807, 2.05) is 0 Å². The molecule has 0 aromatic carbocycles. The maximum absolute atomic E-state index is 4.12. The Morgan fingerprint density at radius 1 is 1.20 bits per heavy atom. The van der Waals surface area contributed by atoms with Crippen LogP contribution in [0.1, 0.15) is 59.8 Å². The molecule has 0 aliphatic rings. The fraction of sp³-hybridized carbons (Fsp3) is 0.857. The first-order valence-corrected chi connectivity index (χ1v) is 6.55. The van der Waals surface area contributed by atoms with Crippen molar-refractivity contribution in [2.75, 3.05) is 6.54 Å². The second kappa shape index (κ2) is 8.96. The van der Waals surface area contributed by atoms with Gasteiger partial charge in [-0.1, -0.05) is 46.3 Å². The fourth-order valence-electron chi connectivity index (χ4n) is 1.92. The summed E-state index contributed by atoms with van der Waals surface area (Å²) in [7, 11) is 0. The minimum atomic E-state index is 0.636. The lowest BCUT2D eigenvalue weighted by molar-refractivity contribution is 0.350. The van der Waals surface area contributed by atoms with E-state index in [0.29, 0.717) is 6.04 Å². The molecule has 0 saturated carbocycles. The molecule has 1 heteroatoms. The van der Waals surface area contributed by atoms with Crippen molar-refractivity contribution in [3.8, 4) is 0 Å². The minimum Gasteiger partial charge on any atom is -0.313 e. The monoisotopic (exact) mass is 211 g/mol. The summed E-state index contributed by atoms with van der Waals surface area (Å²) in [5, 5.41) is 3.66. The molecule has 0 heterocycles. The summed E-state index contributed by atoms with van der Waals surface area (Å²) in [6, 6.07) is 0.636.